The number of hydrogen-bond acceptors (Lipinski definition) is 1. The third-order valence-corrected chi connectivity index (χ3v) is 3.59. The fourth-order valence-corrected chi connectivity index (χ4v) is 2.66. The molecule has 0 amide bonds. The molecule has 0 atom stereocenters. The van der Waals surface area contributed by atoms with Crippen LogP contribution in [0.1, 0.15) is 31.0 Å². The maximum atomic E-state index is 6.18. The van der Waals surface area contributed by atoms with Gasteiger partial charge < -0.3 is 0 Å². The molecule has 90 valence electrons. The molecule has 2 rings (SSSR count). The molecule has 17 heavy (non-hydrogen) atoms. The number of aromatic nitrogens is 2. The monoisotopic (exact) mass is 312 g/mol. The smallest absolute Gasteiger partial charge is 0.0701 e. The van der Waals surface area contributed by atoms with Crippen molar-refractivity contribution in [1.29, 1.82) is 0 Å². The second-order valence-electron chi connectivity index (χ2n) is 4.21. The van der Waals surface area contributed by atoms with Crippen molar-refractivity contribution in [3.05, 3.63) is 46.7 Å². The van der Waals surface area contributed by atoms with Crippen molar-refractivity contribution >= 4 is 27.5 Å². The van der Waals surface area contributed by atoms with Crippen LogP contribution in [0.2, 0.25) is 5.02 Å². The number of alkyl halides is 1. The van der Waals surface area contributed by atoms with Crippen LogP contribution in [0.25, 0.3) is 5.69 Å². The molecule has 0 aliphatic carbocycles. The first-order chi connectivity index (χ1) is 8.13. The summed E-state index contributed by atoms with van der Waals surface area (Å²) in [6.07, 6.45) is 1.98. The summed E-state index contributed by atoms with van der Waals surface area (Å²) >= 11 is 9.64. The summed E-state index contributed by atoms with van der Waals surface area (Å²) in [4.78, 5) is 0. The molecule has 1 aromatic heterocycles. The Hall–Kier alpha value is -0.800. The SMILES string of the molecule is CC(C)c1ccn(-c2cccc(Cl)c2CBr)n1. The quantitative estimate of drug-likeness (QED) is 0.760. The zero-order valence-electron chi connectivity index (χ0n) is 9.82. The third-order valence-electron chi connectivity index (χ3n) is 2.68. The van der Waals surface area contributed by atoms with E-state index in [0.717, 1.165) is 27.3 Å². The Balaban J connectivity index is 2.48. The van der Waals surface area contributed by atoms with Gasteiger partial charge in [0.25, 0.3) is 0 Å². The lowest BCUT2D eigenvalue weighted by Gasteiger charge is -2.09. The minimum absolute atomic E-state index is 0.433. The Morgan fingerprint density at radius 2 is 2.12 bits per heavy atom. The van der Waals surface area contributed by atoms with Gasteiger partial charge in [0.05, 0.1) is 11.4 Å². The molecule has 2 nitrogen and oxygen atoms in total. The van der Waals surface area contributed by atoms with E-state index in [1.807, 2.05) is 35.1 Å². The minimum atomic E-state index is 0.433. The van der Waals surface area contributed by atoms with Gasteiger partial charge in [-0.15, -0.1) is 0 Å². The standard InChI is InChI=1S/C13H14BrClN2/c1-9(2)12-6-7-17(16-12)13-5-3-4-11(15)10(13)8-14/h3-7,9H,8H2,1-2H3. The zero-order chi connectivity index (χ0) is 12.4. The Bertz CT molecular complexity index is 520. The molecule has 0 bridgehead atoms. The molecule has 0 fully saturated rings. The molecule has 0 aliphatic heterocycles. The highest BCUT2D eigenvalue weighted by molar-refractivity contribution is 9.08. The first kappa shape index (κ1) is 12.7. The number of benzene rings is 1. The fourth-order valence-electron chi connectivity index (χ4n) is 1.67. The summed E-state index contributed by atoms with van der Waals surface area (Å²) in [6, 6.07) is 7.91. The van der Waals surface area contributed by atoms with Crippen LogP contribution >= 0.6 is 27.5 Å². The molecule has 0 N–H and O–H groups in total. The summed E-state index contributed by atoms with van der Waals surface area (Å²) in [5, 5.41) is 6.05. The van der Waals surface area contributed by atoms with Crippen molar-refractivity contribution in [2.75, 3.05) is 0 Å². The van der Waals surface area contributed by atoms with Gasteiger partial charge in [-0.05, 0) is 24.1 Å². The van der Waals surface area contributed by atoms with Gasteiger partial charge >= 0.3 is 0 Å². The van der Waals surface area contributed by atoms with Crippen LogP contribution in [-0.4, -0.2) is 9.78 Å². The molecular formula is C13H14BrClN2. The Labute approximate surface area is 115 Å². The van der Waals surface area contributed by atoms with Crippen molar-refractivity contribution in [2.45, 2.75) is 25.1 Å². The predicted molar refractivity (Wildman–Crippen MR) is 75.3 cm³/mol. The molecule has 0 saturated carbocycles. The maximum Gasteiger partial charge on any atom is 0.0701 e. The fraction of sp³-hybridized carbons (Fsp3) is 0.308. The topological polar surface area (TPSA) is 17.8 Å². The largest absolute Gasteiger partial charge is 0.240 e. The predicted octanol–water partition coefficient (Wildman–Crippen LogP) is 4.54. The lowest BCUT2D eigenvalue weighted by atomic mass is 10.1. The molecule has 4 heteroatoms. The molecule has 0 radical (unpaired) electrons. The van der Waals surface area contributed by atoms with Gasteiger partial charge in [0.15, 0.2) is 0 Å². The highest BCUT2D eigenvalue weighted by Gasteiger charge is 2.10. The normalized spacial score (nSPS) is 11.1. The minimum Gasteiger partial charge on any atom is -0.240 e. The first-order valence-corrected chi connectivity index (χ1v) is 7.02. The van der Waals surface area contributed by atoms with E-state index in [-0.39, 0.29) is 0 Å². The van der Waals surface area contributed by atoms with E-state index in [4.69, 9.17) is 11.6 Å². The first-order valence-electron chi connectivity index (χ1n) is 5.52. The molecule has 2 aromatic rings. The van der Waals surface area contributed by atoms with Crippen LogP contribution in [0.3, 0.4) is 0 Å². The van der Waals surface area contributed by atoms with Crippen LogP contribution in [0.5, 0.6) is 0 Å². The lowest BCUT2D eigenvalue weighted by Crippen LogP contribution is -2.01. The lowest BCUT2D eigenvalue weighted by molar-refractivity contribution is 0.766. The Kier molecular flexibility index (Phi) is 3.89. The van der Waals surface area contributed by atoms with Crippen molar-refractivity contribution in [3.8, 4) is 5.69 Å². The highest BCUT2D eigenvalue weighted by Crippen LogP contribution is 2.25. The van der Waals surface area contributed by atoms with Crippen LogP contribution in [0.4, 0.5) is 0 Å². The number of hydrogen-bond donors (Lipinski definition) is 0. The summed E-state index contributed by atoms with van der Waals surface area (Å²) in [6.45, 7) is 4.27. The van der Waals surface area contributed by atoms with E-state index in [9.17, 15) is 0 Å². The van der Waals surface area contributed by atoms with Gasteiger partial charge in [0, 0.05) is 22.1 Å². The Morgan fingerprint density at radius 1 is 1.35 bits per heavy atom. The Morgan fingerprint density at radius 3 is 2.71 bits per heavy atom. The summed E-state index contributed by atoms with van der Waals surface area (Å²) in [5.41, 5.74) is 3.18. The molecule has 0 saturated heterocycles. The van der Waals surface area contributed by atoms with Crippen molar-refractivity contribution in [2.24, 2.45) is 0 Å². The van der Waals surface area contributed by atoms with Crippen LogP contribution in [0.15, 0.2) is 30.5 Å². The molecule has 0 spiro atoms. The second-order valence-corrected chi connectivity index (χ2v) is 5.18. The maximum absolute atomic E-state index is 6.18. The van der Waals surface area contributed by atoms with E-state index >= 15 is 0 Å². The van der Waals surface area contributed by atoms with E-state index in [0.29, 0.717) is 5.92 Å². The average molecular weight is 314 g/mol. The highest BCUT2D eigenvalue weighted by atomic mass is 79.9. The second kappa shape index (κ2) is 5.23. The molecule has 1 heterocycles. The summed E-state index contributed by atoms with van der Waals surface area (Å²) < 4.78 is 1.89. The van der Waals surface area contributed by atoms with Gasteiger partial charge in [0.1, 0.15) is 0 Å². The van der Waals surface area contributed by atoms with E-state index in [1.54, 1.807) is 0 Å². The molecule has 0 aliphatic rings. The average Bonchev–Trinajstić information content (AvgIpc) is 2.77. The third kappa shape index (κ3) is 2.55. The van der Waals surface area contributed by atoms with E-state index < -0.39 is 0 Å². The molecular weight excluding hydrogens is 300 g/mol. The van der Waals surface area contributed by atoms with Crippen LogP contribution in [-0.2, 0) is 5.33 Å². The van der Waals surface area contributed by atoms with E-state index in [2.05, 4.69) is 34.9 Å². The summed E-state index contributed by atoms with van der Waals surface area (Å²) in [5.74, 6) is 0.433. The molecule has 1 aromatic carbocycles. The van der Waals surface area contributed by atoms with E-state index in [1.165, 1.54) is 0 Å². The van der Waals surface area contributed by atoms with Crippen LogP contribution < -0.4 is 0 Å². The zero-order valence-corrected chi connectivity index (χ0v) is 12.2. The van der Waals surface area contributed by atoms with Crippen LogP contribution in [0, 0.1) is 0 Å². The molecule has 0 unspecified atom stereocenters. The van der Waals surface area contributed by atoms with Gasteiger partial charge in [-0.25, -0.2) is 4.68 Å². The van der Waals surface area contributed by atoms with Crippen molar-refractivity contribution in [1.82, 2.24) is 9.78 Å². The van der Waals surface area contributed by atoms with Crippen molar-refractivity contribution in [3.63, 3.8) is 0 Å². The van der Waals surface area contributed by atoms with Gasteiger partial charge in [-0.3, -0.25) is 0 Å². The number of rotatable bonds is 3. The van der Waals surface area contributed by atoms with Gasteiger partial charge in [0.2, 0.25) is 0 Å². The van der Waals surface area contributed by atoms with Gasteiger partial charge in [-0.1, -0.05) is 47.4 Å². The van der Waals surface area contributed by atoms with Crippen molar-refractivity contribution < 1.29 is 0 Å². The summed E-state index contributed by atoms with van der Waals surface area (Å²) in [7, 11) is 0. The van der Waals surface area contributed by atoms with Gasteiger partial charge in [-0.2, -0.15) is 5.10 Å². The number of nitrogens with zero attached hydrogens (tertiary/aromatic N) is 2. The number of halogens is 2.